The van der Waals surface area contributed by atoms with Crippen LogP contribution in [0.5, 0.6) is 0 Å². The van der Waals surface area contributed by atoms with Gasteiger partial charge in [0.05, 0.1) is 11.4 Å². The molecule has 0 atom stereocenters. The van der Waals surface area contributed by atoms with Crippen LogP contribution in [-0.2, 0) is 6.42 Å². The summed E-state index contributed by atoms with van der Waals surface area (Å²) < 4.78 is 2.35. The van der Waals surface area contributed by atoms with Crippen LogP contribution in [0, 0.1) is 0 Å². The molecule has 0 bridgehead atoms. The van der Waals surface area contributed by atoms with E-state index in [9.17, 15) is 0 Å². The molecule has 1 aliphatic carbocycles. The minimum Gasteiger partial charge on any atom is -0.296 e. The largest absolute Gasteiger partial charge is 0.296 e. The van der Waals surface area contributed by atoms with E-state index in [1.54, 1.807) is 0 Å². The predicted molar refractivity (Wildman–Crippen MR) is 233 cm³/mol. The maximum atomic E-state index is 5.17. The summed E-state index contributed by atoms with van der Waals surface area (Å²) in [6, 6.07) is 66.8. The lowest BCUT2D eigenvalue weighted by Gasteiger charge is -2.19. The van der Waals surface area contributed by atoms with E-state index in [4.69, 9.17) is 4.98 Å². The van der Waals surface area contributed by atoms with Crippen LogP contribution in [0.1, 0.15) is 17.8 Å². The summed E-state index contributed by atoms with van der Waals surface area (Å²) in [6.07, 6.45) is 6.43. The molecule has 2 nitrogen and oxygen atoms in total. The van der Waals surface area contributed by atoms with E-state index in [0.29, 0.717) is 0 Å². The first-order valence-electron chi connectivity index (χ1n) is 19.2. The Morgan fingerprint density at radius 3 is 1.60 bits per heavy atom. The number of rotatable bonds is 5. The molecular weight excluding hydrogens is 665 g/mol. The first-order chi connectivity index (χ1) is 27.3. The van der Waals surface area contributed by atoms with E-state index < -0.39 is 0 Å². The molecule has 0 N–H and O–H groups in total. The normalized spacial score (nSPS) is 12.5. The van der Waals surface area contributed by atoms with Crippen molar-refractivity contribution in [2.24, 2.45) is 0 Å². The Bertz CT molecular complexity index is 3130. The number of benzene rings is 9. The Morgan fingerprint density at radius 1 is 0.400 bits per heavy atom. The number of hydrogen-bond acceptors (Lipinski definition) is 1. The minimum absolute atomic E-state index is 0.984. The van der Waals surface area contributed by atoms with Gasteiger partial charge in [-0.1, -0.05) is 158 Å². The Kier molecular flexibility index (Phi) is 7.34. The van der Waals surface area contributed by atoms with Crippen molar-refractivity contribution in [3.63, 3.8) is 0 Å². The van der Waals surface area contributed by atoms with Gasteiger partial charge in [0.1, 0.15) is 5.82 Å². The van der Waals surface area contributed by atoms with Gasteiger partial charge in [0.15, 0.2) is 0 Å². The third kappa shape index (κ3) is 5.29. The first-order valence-corrected chi connectivity index (χ1v) is 19.2. The molecule has 1 aliphatic rings. The van der Waals surface area contributed by atoms with Crippen molar-refractivity contribution in [1.82, 2.24) is 9.55 Å². The molecule has 55 heavy (non-hydrogen) atoms. The lowest BCUT2D eigenvalue weighted by molar-refractivity contribution is 0.878. The molecule has 0 fully saturated rings. The molecule has 0 amide bonds. The van der Waals surface area contributed by atoms with Crippen molar-refractivity contribution >= 4 is 49.2 Å². The molecule has 258 valence electrons. The lowest BCUT2D eigenvalue weighted by atomic mass is 9.84. The van der Waals surface area contributed by atoms with Crippen molar-refractivity contribution in [2.75, 3.05) is 0 Å². The van der Waals surface area contributed by atoms with E-state index in [2.05, 4.69) is 199 Å². The molecule has 0 saturated carbocycles. The fourth-order valence-electron chi connectivity index (χ4n) is 8.79. The lowest BCUT2D eigenvalue weighted by Crippen LogP contribution is -2.04. The van der Waals surface area contributed by atoms with Crippen molar-refractivity contribution in [2.45, 2.75) is 12.8 Å². The predicted octanol–water partition coefficient (Wildman–Crippen LogP) is 14.1. The van der Waals surface area contributed by atoms with Crippen LogP contribution in [0.25, 0.3) is 99.6 Å². The van der Waals surface area contributed by atoms with Crippen molar-refractivity contribution in [1.29, 1.82) is 0 Å². The Balaban J connectivity index is 1.12. The summed E-state index contributed by atoms with van der Waals surface area (Å²) in [4.78, 5) is 5.17. The number of allylic oxidation sites excluding steroid dienone is 1. The zero-order valence-corrected chi connectivity index (χ0v) is 30.3. The third-order valence-electron chi connectivity index (χ3n) is 11.4. The number of nitrogens with zero attached hydrogens (tertiary/aromatic N) is 2. The third-order valence-corrected chi connectivity index (χ3v) is 11.4. The van der Waals surface area contributed by atoms with Crippen LogP contribution in [0.3, 0.4) is 0 Å². The maximum Gasteiger partial charge on any atom is 0.145 e. The van der Waals surface area contributed by atoms with Gasteiger partial charge in [-0.25, -0.2) is 4.98 Å². The van der Waals surface area contributed by atoms with Gasteiger partial charge >= 0.3 is 0 Å². The van der Waals surface area contributed by atoms with E-state index in [0.717, 1.165) is 35.6 Å². The highest BCUT2D eigenvalue weighted by Crippen LogP contribution is 2.46. The molecular formula is C53H36N2. The highest BCUT2D eigenvalue weighted by atomic mass is 15.1. The fourth-order valence-corrected chi connectivity index (χ4v) is 8.79. The Labute approximate surface area is 320 Å². The monoisotopic (exact) mass is 700 g/mol. The molecule has 0 radical (unpaired) electrons. The first kappa shape index (κ1) is 31.5. The zero-order chi connectivity index (χ0) is 36.3. The van der Waals surface area contributed by atoms with Crippen molar-refractivity contribution in [3.05, 3.63) is 199 Å². The molecule has 2 heteroatoms. The van der Waals surface area contributed by atoms with Gasteiger partial charge in [0, 0.05) is 11.3 Å². The smallest absolute Gasteiger partial charge is 0.145 e. The number of hydrogen-bond donors (Lipinski definition) is 0. The van der Waals surface area contributed by atoms with Crippen molar-refractivity contribution in [3.8, 4) is 50.5 Å². The Hall–Kier alpha value is -7.03. The van der Waals surface area contributed by atoms with Crippen LogP contribution in [0.2, 0.25) is 0 Å². The quantitative estimate of drug-likeness (QED) is 0.163. The number of fused-ring (bicyclic) bond motifs is 5. The minimum atomic E-state index is 0.984. The van der Waals surface area contributed by atoms with Gasteiger partial charge < -0.3 is 0 Å². The molecule has 11 rings (SSSR count). The molecule has 1 heterocycles. The summed E-state index contributed by atoms with van der Waals surface area (Å²) in [7, 11) is 0. The number of para-hydroxylation sites is 1. The van der Waals surface area contributed by atoms with Gasteiger partial charge in [-0.05, 0) is 126 Å². The van der Waals surface area contributed by atoms with E-state index in [1.807, 2.05) is 0 Å². The second-order valence-corrected chi connectivity index (χ2v) is 14.6. The van der Waals surface area contributed by atoms with Crippen LogP contribution < -0.4 is 0 Å². The average molecular weight is 701 g/mol. The summed E-state index contributed by atoms with van der Waals surface area (Å²) in [6.45, 7) is 0. The summed E-state index contributed by atoms with van der Waals surface area (Å²) in [5, 5.41) is 10.0. The maximum absolute atomic E-state index is 5.17. The van der Waals surface area contributed by atoms with Gasteiger partial charge in [0.2, 0.25) is 0 Å². The van der Waals surface area contributed by atoms with E-state index in [1.165, 1.54) is 82.2 Å². The molecule has 9 aromatic carbocycles. The van der Waals surface area contributed by atoms with Crippen LogP contribution in [-0.4, -0.2) is 9.55 Å². The van der Waals surface area contributed by atoms with E-state index >= 15 is 0 Å². The molecule has 0 spiro atoms. The highest BCUT2D eigenvalue weighted by Gasteiger charge is 2.21. The van der Waals surface area contributed by atoms with Gasteiger partial charge in [-0.3, -0.25) is 4.57 Å². The topological polar surface area (TPSA) is 17.8 Å². The second kappa shape index (κ2) is 12.8. The summed E-state index contributed by atoms with van der Waals surface area (Å²) >= 11 is 0. The fraction of sp³-hybridized carbons (Fsp3) is 0.0377. The number of aromatic nitrogens is 2. The van der Waals surface area contributed by atoms with Gasteiger partial charge in [-0.15, -0.1) is 0 Å². The summed E-state index contributed by atoms with van der Waals surface area (Å²) in [5.74, 6) is 0.984. The molecule has 10 aromatic rings. The molecule has 0 saturated heterocycles. The SMILES string of the molecule is C1=Cc2nc(-c3ccc(-c4ccc5c(-c6ccc7ccccc7c6)c6ccccc6c(-c6ccc7ccccc7c6)c5c4)cc3)n(-c3ccccc3)c2CC1. The second-order valence-electron chi connectivity index (χ2n) is 14.6. The summed E-state index contributed by atoms with van der Waals surface area (Å²) in [5.41, 5.74) is 12.0. The van der Waals surface area contributed by atoms with Gasteiger partial charge in [-0.2, -0.15) is 0 Å². The van der Waals surface area contributed by atoms with Crippen LogP contribution in [0.4, 0.5) is 0 Å². The van der Waals surface area contributed by atoms with Crippen molar-refractivity contribution < 1.29 is 0 Å². The van der Waals surface area contributed by atoms with Crippen LogP contribution in [0.15, 0.2) is 188 Å². The standard InChI is InChI=1S/C53H36N2/c1-2-16-44(17-3-1)55-50-21-11-10-20-49(50)54-53(55)38-26-22-37(23-27-38)41-30-31-47-48(34-41)52(43-29-25-36-13-5-7-15-40(36)33-43)46-19-9-8-18-45(46)51(47)42-28-24-35-12-4-6-14-39(35)32-42/h1-10,12-20,22-34H,11,21H2. The molecule has 0 unspecified atom stereocenters. The van der Waals surface area contributed by atoms with Gasteiger partial charge in [0.25, 0.3) is 0 Å². The highest BCUT2D eigenvalue weighted by molar-refractivity contribution is 6.22. The van der Waals surface area contributed by atoms with Crippen LogP contribution >= 0.6 is 0 Å². The van der Waals surface area contributed by atoms with E-state index in [-0.39, 0.29) is 0 Å². The Morgan fingerprint density at radius 2 is 0.927 bits per heavy atom. The molecule has 1 aromatic heterocycles. The average Bonchev–Trinajstić information content (AvgIpc) is 3.65. The number of imidazole rings is 1. The molecule has 0 aliphatic heterocycles. The zero-order valence-electron chi connectivity index (χ0n) is 30.3.